The first-order valence-electron chi connectivity index (χ1n) is 11.3. The SMILES string of the molecule is CCC(=O)OC1CN1.CCC(=O)OC1CN1.CCC(=O)OC1CN1.CCC(CO)(CO)CO. The molecule has 3 fully saturated rings. The van der Waals surface area contributed by atoms with Gasteiger partial charge in [-0.05, 0) is 6.42 Å². The van der Waals surface area contributed by atoms with Crippen LogP contribution in [0.5, 0.6) is 0 Å². The minimum atomic E-state index is -0.667. The summed E-state index contributed by atoms with van der Waals surface area (Å²) < 4.78 is 14.3. The largest absolute Gasteiger partial charge is 0.445 e. The van der Waals surface area contributed by atoms with Crippen LogP contribution in [0.4, 0.5) is 0 Å². The molecule has 0 saturated carbocycles. The number of hydrogen-bond donors (Lipinski definition) is 6. The van der Waals surface area contributed by atoms with E-state index in [2.05, 4.69) is 16.0 Å². The molecule has 0 aromatic rings. The van der Waals surface area contributed by atoms with Gasteiger partial charge in [-0.3, -0.25) is 30.3 Å². The summed E-state index contributed by atoms with van der Waals surface area (Å²) in [4.78, 5) is 31.2. The second kappa shape index (κ2) is 17.6. The van der Waals surface area contributed by atoms with Crippen LogP contribution in [0.3, 0.4) is 0 Å². The average molecular weight is 480 g/mol. The van der Waals surface area contributed by atoms with Gasteiger partial charge in [0.1, 0.15) is 0 Å². The van der Waals surface area contributed by atoms with Crippen molar-refractivity contribution in [3.63, 3.8) is 0 Å². The van der Waals surface area contributed by atoms with Gasteiger partial charge in [0.15, 0.2) is 18.7 Å². The molecular weight excluding hydrogens is 438 g/mol. The van der Waals surface area contributed by atoms with Crippen molar-refractivity contribution in [3.05, 3.63) is 0 Å². The molecule has 194 valence electrons. The van der Waals surface area contributed by atoms with Crippen molar-refractivity contribution in [2.45, 2.75) is 72.1 Å². The molecule has 3 aliphatic rings. The van der Waals surface area contributed by atoms with Gasteiger partial charge in [-0.25, -0.2) is 0 Å². The van der Waals surface area contributed by atoms with Gasteiger partial charge >= 0.3 is 17.9 Å². The number of rotatable bonds is 10. The van der Waals surface area contributed by atoms with Crippen molar-refractivity contribution < 1.29 is 43.9 Å². The van der Waals surface area contributed by atoms with Crippen molar-refractivity contribution >= 4 is 17.9 Å². The molecule has 3 saturated heterocycles. The first kappa shape index (κ1) is 31.2. The molecule has 33 heavy (non-hydrogen) atoms. The Morgan fingerprint density at radius 1 is 0.667 bits per heavy atom. The van der Waals surface area contributed by atoms with Crippen LogP contribution in [-0.2, 0) is 28.6 Å². The fraction of sp³-hybridized carbons (Fsp3) is 0.857. The van der Waals surface area contributed by atoms with Gasteiger partial charge in [0.25, 0.3) is 0 Å². The Hall–Kier alpha value is -1.83. The Balaban J connectivity index is 0.000000414. The maximum atomic E-state index is 10.4. The lowest BCUT2D eigenvalue weighted by molar-refractivity contribution is -0.145. The normalized spacial score (nSPS) is 21.4. The van der Waals surface area contributed by atoms with Crippen LogP contribution in [0, 0.1) is 5.41 Å². The van der Waals surface area contributed by atoms with Crippen LogP contribution in [0.1, 0.15) is 53.4 Å². The summed E-state index contributed by atoms with van der Waals surface area (Å²) in [5, 5.41) is 34.5. The smallest absolute Gasteiger partial charge is 0.307 e. The van der Waals surface area contributed by atoms with E-state index in [1.807, 2.05) is 6.92 Å². The standard InChI is InChI=1S/C6H14O3.3C5H9NO2/c1-2-6(3-7,4-8)5-9;3*1-2-5(7)8-4-3-6-4/h7-9H,2-5H2,1H3;3*4,6H,2-3H2,1H3. The van der Waals surface area contributed by atoms with Crippen molar-refractivity contribution in [2.24, 2.45) is 5.41 Å². The molecule has 0 amide bonds. The molecule has 12 nitrogen and oxygen atoms in total. The zero-order valence-electron chi connectivity index (χ0n) is 20.1. The number of ether oxygens (including phenoxy) is 3. The minimum Gasteiger partial charge on any atom is -0.445 e. The molecule has 3 heterocycles. The van der Waals surface area contributed by atoms with Crippen LogP contribution >= 0.6 is 0 Å². The van der Waals surface area contributed by atoms with Gasteiger partial charge in [-0.2, -0.15) is 0 Å². The van der Waals surface area contributed by atoms with E-state index < -0.39 is 5.41 Å². The molecule has 3 atom stereocenters. The Bertz CT molecular complexity index is 482. The molecular formula is C21H41N3O9. The Labute approximate surface area is 195 Å². The van der Waals surface area contributed by atoms with Gasteiger partial charge in [-0.15, -0.1) is 0 Å². The van der Waals surface area contributed by atoms with Crippen LogP contribution in [0.2, 0.25) is 0 Å². The predicted molar refractivity (Wildman–Crippen MR) is 119 cm³/mol. The summed E-state index contributed by atoms with van der Waals surface area (Å²) in [5.74, 6) is -0.375. The highest BCUT2D eigenvalue weighted by Crippen LogP contribution is 2.18. The summed E-state index contributed by atoms with van der Waals surface area (Å²) in [5.41, 5.74) is -0.667. The van der Waals surface area contributed by atoms with E-state index in [-0.39, 0.29) is 56.4 Å². The van der Waals surface area contributed by atoms with Gasteiger partial charge in [0.05, 0.1) is 19.8 Å². The Morgan fingerprint density at radius 2 is 0.909 bits per heavy atom. The third kappa shape index (κ3) is 17.3. The first-order valence-corrected chi connectivity index (χ1v) is 11.3. The van der Waals surface area contributed by atoms with E-state index in [9.17, 15) is 14.4 Å². The van der Waals surface area contributed by atoms with E-state index in [4.69, 9.17) is 29.5 Å². The average Bonchev–Trinajstić information content (AvgIpc) is 3.66. The molecule has 0 aromatic heterocycles. The quantitative estimate of drug-likeness (QED) is 0.126. The fourth-order valence-corrected chi connectivity index (χ4v) is 1.61. The number of hydrogen-bond acceptors (Lipinski definition) is 12. The van der Waals surface area contributed by atoms with Crippen LogP contribution in [0.25, 0.3) is 0 Å². The van der Waals surface area contributed by atoms with Crippen LogP contribution < -0.4 is 16.0 Å². The van der Waals surface area contributed by atoms with Crippen LogP contribution in [-0.4, -0.2) is 91.4 Å². The molecule has 3 unspecified atom stereocenters. The van der Waals surface area contributed by atoms with Crippen molar-refractivity contribution in [1.29, 1.82) is 0 Å². The monoisotopic (exact) mass is 479 g/mol. The lowest BCUT2D eigenvalue weighted by Gasteiger charge is -2.24. The van der Waals surface area contributed by atoms with E-state index in [0.717, 1.165) is 19.6 Å². The second-order valence-corrected chi connectivity index (χ2v) is 7.55. The third-order valence-electron chi connectivity index (χ3n) is 4.56. The van der Waals surface area contributed by atoms with E-state index in [0.29, 0.717) is 25.7 Å². The van der Waals surface area contributed by atoms with Crippen molar-refractivity contribution in [2.75, 3.05) is 39.5 Å². The minimum absolute atomic E-state index is 0.0300. The van der Waals surface area contributed by atoms with E-state index in [1.165, 1.54) is 0 Å². The molecule has 0 spiro atoms. The van der Waals surface area contributed by atoms with Gasteiger partial charge < -0.3 is 29.5 Å². The lowest BCUT2D eigenvalue weighted by atomic mass is 9.88. The number of aliphatic hydroxyl groups is 3. The molecule has 0 aliphatic carbocycles. The highest BCUT2D eigenvalue weighted by atomic mass is 16.6. The molecule has 3 rings (SSSR count). The van der Waals surface area contributed by atoms with Crippen molar-refractivity contribution in [1.82, 2.24) is 16.0 Å². The third-order valence-corrected chi connectivity index (χ3v) is 4.56. The summed E-state index contributed by atoms with van der Waals surface area (Å²) in [6.45, 7) is 9.18. The fourth-order valence-electron chi connectivity index (χ4n) is 1.61. The molecule has 6 N–H and O–H groups in total. The van der Waals surface area contributed by atoms with E-state index in [1.54, 1.807) is 20.8 Å². The number of carbonyl (C=O) groups excluding carboxylic acids is 3. The first-order chi connectivity index (χ1) is 15.7. The summed E-state index contributed by atoms with van der Waals surface area (Å²) in [6, 6.07) is 0. The highest BCUT2D eigenvalue weighted by Gasteiger charge is 2.25. The molecule has 0 radical (unpaired) electrons. The molecule has 0 aromatic carbocycles. The maximum Gasteiger partial charge on any atom is 0.307 e. The van der Waals surface area contributed by atoms with Gasteiger partial charge in [0, 0.05) is 44.3 Å². The summed E-state index contributed by atoms with van der Waals surface area (Å²) in [7, 11) is 0. The van der Waals surface area contributed by atoms with Gasteiger partial charge in [0.2, 0.25) is 0 Å². The van der Waals surface area contributed by atoms with Crippen molar-refractivity contribution in [3.8, 4) is 0 Å². The Morgan fingerprint density at radius 3 is 1.00 bits per heavy atom. The Kier molecular flexibility index (Phi) is 16.6. The van der Waals surface area contributed by atoms with Crippen LogP contribution in [0.15, 0.2) is 0 Å². The number of esters is 3. The van der Waals surface area contributed by atoms with Gasteiger partial charge in [-0.1, -0.05) is 27.7 Å². The molecule has 3 aliphatic heterocycles. The summed E-state index contributed by atoms with van der Waals surface area (Å²) in [6.07, 6.45) is 2.10. The second-order valence-electron chi connectivity index (χ2n) is 7.55. The highest BCUT2D eigenvalue weighted by molar-refractivity contribution is 5.69. The topological polar surface area (TPSA) is 205 Å². The zero-order chi connectivity index (χ0) is 25.3. The number of aliphatic hydroxyl groups excluding tert-OH is 3. The maximum absolute atomic E-state index is 10.4. The predicted octanol–water partition coefficient (Wildman–Crippen LogP) is -1.03. The zero-order valence-corrected chi connectivity index (χ0v) is 20.1. The molecule has 12 heteroatoms. The number of nitrogens with one attached hydrogen (secondary N) is 3. The van der Waals surface area contributed by atoms with E-state index >= 15 is 0 Å². The lowest BCUT2D eigenvalue weighted by Crippen LogP contribution is -2.32. The summed E-state index contributed by atoms with van der Waals surface area (Å²) >= 11 is 0. The number of carbonyl (C=O) groups is 3. The molecule has 0 bridgehead atoms.